The number of carbonyl (C=O) groups excluding carboxylic acids is 2. The van der Waals surface area contributed by atoms with Crippen LogP contribution in [0, 0.1) is 6.92 Å². The van der Waals surface area contributed by atoms with Crippen LogP contribution < -0.4 is 9.64 Å². The van der Waals surface area contributed by atoms with Crippen molar-refractivity contribution in [3.8, 4) is 5.75 Å². The van der Waals surface area contributed by atoms with E-state index in [0.29, 0.717) is 19.7 Å². The number of carbonyl (C=O) groups is 2. The number of nitrogens with zero attached hydrogens (tertiary/aromatic N) is 2. The zero-order valence-corrected chi connectivity index (χ0v) is 16.8. The normalized spacial score (nSPS) is 14.3. The van der Waals surface area contributed by atoms with Gasteiger partial charge in [0.05, 0.1) is 17.2 Å². The molecule has 0 spiro atoms. The topological polar surface area (TPSA) is 49.9 Å². The van der Waals surface area contributed by atoms with Crippen LogP contribution in [0.25, 0.3) is 0 Å². The first kappa shape index (κ1) is 19.4. The van der Waals surface area contributed by atoms with Gasteiger partial charge in [0.25, 0.3) is 0 Å². The summed E-state index contributed by atoms with van der Waals surface area (Å²) in [5, 5.41) is 0. The van der Waals surface area contributed by atoms with Gasteiger partial charge in [-0.15, -0.1) is 11.3 Å². The third-order valence-electron chi connectivity index (χ3n) is 4.72. The van der Waals surface area contributed by atoms with Crippen molar-refractivity contribution in [1.29, 1.82) is 0 Å². The van der Waals surface area contributed by atoms with Crippen molar-refractivity contribution in [3.63, 3.8) is 0 Å². The van der Waals surface area contributed by atoms with Gasteiger partial charge in [-0.2, -0.15) is 0 Å². The van der Waals surface area contributed by atoms with Crippen LogP contribution in [0.3, 0.4) is 0 Å². The molecule has 0 saturated carbocycles. The van der Waals surface area contributed by atoms with E-state index in [2.05, 4.69) is 11.0 Å². The largest absolute Gasteiger partial charge is 0.492 e. The summed E-state index contributed by atoms with van der Waals surface area (Å²) in [6.07, 6.45) is 0.567. The van der Waals surface area contributed by atoms with Gasteiger partial charge in [-0.3, -0.25) is 9.59 Å². The molecule has 5 nitrogen and oxygen atoms in total. The minimum atomic E-state index is 0.0609. The SMILES string of the molecule is CCOc1ccccc1N1CCN(C(=O)CCC(=O)c2ccc(C)s2)CC1. The summed E-state index contributed by atoms with van der Waals surface area (Å²) in [5.41, 5.74) is 1.08. The standard InChI is InChI=1S/C21H26N2O3S/c1-3-26-19-7-5-4-6-17(19)22-12-14-23(15-13-22)21(25)11-9-18(24)20-10-8-16(2)27-20/h4-8,10H,3,9,11-15H2,1-2H3. The van der Waals surface area contributed by atoms with E-state index >= 15 is 0 Å². The predicted molar refractivity (Wildman–Crippen MR) is 109 cm³/mol. The molecule has 1 fully saturated rings. The Morgan fingerprint density at radius 1 is 1.04 bits per heavy atom. The molecule has 0 aliphatic carbocycles. The number of ketones is 1. The number of amides is 1. The van der Waals surface area contributed by atoms with E-state index in [9.17, 15) is 9.59 Å². The van der Waals surface area contributed by atoms with Crippen LogP contribution in [-0.4, -0.2) is 49.4 Å². The smallest absolute Gasteiger partial charge is 0.223 e. The number of thiophene rings is 1. The Morgan fingerprint density at radius 2 is 1.78 bits per heavy atom. The summed E-state index contributed by atoms with van der Waals surface area (Å²) >= 11 is 1.49. The lowest BCUT2D eigenvalue weighted by atomic mass is 10.1. The minimum absolute atomic E-state index is 0.0609. The van der Waals surface area contributed by atoms with E-state index in [1.807, 2.05) is 49.1 Å². The van der Waals surface area contributed by atoms with E-state index in [1.54, 1.807) is 0 Å². The lowest BCUT2D eigenvalue weighted by molar-refractivity contribution is -0.131. The molecule has 2 heterocycles. The van der Waals surface area contributed by atoms with Crippen LogP contribution in [0.15, 0.2) is 36.4 Å². The molecule has 0 bridgehead atoms. The molecule has 1 aliphatic rings. The monoisotopic (exact) mass is 386 g/mol. The van der Waals surface area contributed by atoms with E-state index in [0.717, 1.165) is 34.3 Å². The molecule has 1 amide bonds. The summed E-state index contributed by atoms with van der Waals surface area (Å²) in [6.45, 7) is 7.48. The molecule has 0 atom stereocenters. The van der Waals surface area contributed by atoms with Gasteiger partial charge in [-0.05, 0) is 38.1 Å². The number of hydrogen-bond acceptors (Lipinski definition) is 5. The molecule has 27 heavy (non-hydrogen) atoms. The first-order valence-corrected chi connectivity index (χ1v) is 10.2. The quantitative estimate of drug-likeness (QED) is 0.680. The highest BCUT2D eigenvalue weighted by Gasteiger charge is 2.23. The van der Waals surface area contributed by atoms with Crippen LogP contribution in [-0.2, 0) is 4.79 Å². The fourth-order valence-corrected chi connectivity index (χ4v) is 4.11. The van der Waals surface area contributed by atoms with Crippen molar-refractivity contribution in [3.05, 3.63) is 46.2 Å². The van der Waals surface area contributed by atoms with Crippen molar-refractivity contribution in [2.24, 2.45) is 0 Å². The van der Waals surface area contributed by atoms with Gasteiger partial charge in [-0.1, -0.05) is 12.1 Å². The number of Topliss-reactive ketones (excluding diaryl/α,β-unsaturated/α-hetero) is 1. The number of hydrogen-bond donors (Lipinski definition) is 0. The Labute approximate surface area is 164 Å². The number of aryl methyl sites for hydroxylation is 1. The average Bonchev–Trinajstić information content (AvgIpc) is 3.13. The van der Waals surface area contributed by atoms with E-state index in [1.165, 1.54) is 11.3 Å². The first-order chi connectivity index (χ1) is 13.1. The molecule has 1 aromatic heterocycles. The second kappa shape index (κ2) is 9.04. The maximum absolute atomic E-state index is 12.5. The number of rotatable bonds is 7. The number of anilines is 1. The van der Waals surface area contributed by atoms with Crippen molar-refractivity contribution in [1.82, 2.24) is 4.90 Å². The second-order valence-electron chi connectivity index (χ2n) is 6.60. The molecule has 6 heteroatoms. The second-order valence-corrected chi connectivity index (χ2v) is 7.89. The third-order valence-corrected chi connectivity index (χ3v) is 5.76. The lowest BCUT2D eigenvalue weighted by Crippen LogP contribution is -2.48. The van der Waals surface area contributed by atoms with Crippen molar-refractivity contribution in [2.75, 3.05) is 37.7 Å². The first-order valence-electron chi connectivity index (χ1n) is 9.42. The summed E-state index contributed by atoms with van der Waals surface area (Å²) in [6, 6.07) is 11.8. The molecule has 3 rings (SSSR count). The molecule has 1 aromatic carbocycles. The third kappa shape index (κ3) is 4.89. The maximum Gasteiger partial charge on any atom is 0.223 e. The molecule has 144 valence electrons. The van der Waals surface area contributed by atoms with Crippen LogP contribution in [0.1, 0.15) is 34.3 Å². The van der Waals surface area contributed by atoms with Crippen LogP contribution in [0.5, 0.6) is 5.75 Å². The average molecular weight is 387 g/mol. The molecule has 0 radical (unpaired) electrons. The molecule has 1 saturated heterocycles. The maximum atomic E-state index is 12.5. The molecule has 0 N–H and O–H groups in total. The van der Waals surface area contributed by atoms with Gasteiger partial charge in [0.1, 0.15) is 5.75 Å². The highest BCUT2D eigenvalue weighted by molar-refractivity contribution is 7.14. The van der Waals surface area contributed by atoms with E-state index in [4.69, 9.17) is 4.74 Å². The van der Waals surface area contributed by atoms with Gasteiger partial charge in [0.2, 0.25) is 5.91 Å². The summed E-state index contributed by atoms with van der Waals surface area (Å²) in [4.78, 5) is 30.7. The Hall–Kier alpha value is -2.34. The molecular weight excluding hydrogens is 360 g/mol. The van der Waals surface area contributed by atoms with E-state index in [-0.39, 0.29) is 24.5 Å². The van der Waals surface area contributed by atoms with E-state index < -0.39 is 0 Å². The summed E-state index contributed by atoms with van der Waals surface area (Å²) in [5.74, 6) is 1.01. The van der Waals surface area contributed by atoms with Gasteiger partial charge >= 0.3 is 0 Å². The van der Waals surface area contributed by atoms with Crippen LogP contribution >= 0.6 is 11.3 Å². The highest BCUT2D eigenvalue weighted by atomic mass is 32.1. The van der Waals surface area contributed by atoms with Gasteiger partial charge in [0.15, 0.2) is 5.78 Å². The number of ether oxygens (including phenoxy) is 1. The Kier molecular flexibility index (Phi) is 6.50. The molecular formula is C21H26N2O3S. The molecule has 2 aromatic rings. The Balaban J connectivity index is 1.50. The van der Waals surface area contributed by atoms with Gasteiger partial charge in [-0.25, -0.2) is 0 Å². The zero-order chi connectivity index (χ0) is 19.2. The van der Waals surface area contributed by atoms with Crippen molar-refractivity contribution >= 4 is 28.7 Å². The number of benzene rings is 1. The van der Waals surface area contributed by atoms with Gasteiger partial charge in [0, 0.05) is 43.9 Å². The van der Waals surface area contributed by atoms with Crippen LogP contribution in [0.2, 0.25) is 0 Å². The molecule has 0 unspecified atom stereocenters. The fraction of sp³-hybridized carbons (Fsp3) is 0.429. The predicted octanol–water partition coefficient (Wildman–Crippen LogP) is 3.77. The van der Waals surface area contributed by atoms with Gasteiger partial charge < -0.3 is 14.5 Å². The van der Waals surface area contributed by atoms with Crippen molar-refractivity contribution in [2.45, 2.75) is 26.7 Å². The minimum Gasteiger partial charge on any atom is -0.492 e. The number of para-hydroxylation sites is 2. The summed E-state index contributed by atoms with van der Waals surface area (Å²) in [7, 11) is 0. The summed E-state index contributed by atoms with van der Waals surface area (Å²) < 4.78 is 5.71. The fourth-order valence-electron chi connectivity index (χ4n) is 3.28. The highest BCUT2D eigenvalue weighted by Crippen LogP contribution is 2.29. The number of piperazine rings is 1. The molecule has 1 aliphatic heterocycles. The zero-order valence-electron chi connectivity index (χ0n) is 15.9. The van der Waals surface area contributed by atoms with Crippen molar-refractivity contribution < 1.29 is 14.3 Å². The Bertz CT molecular complexity index is 794. The Morgan fingerprint density at radius 3 is 2.44 bits per heavy atom. The lowest BCUT2D eigenvalue weighted by Gasteiger charge is -2.36. The van der Waals surface area contributed by atoms with Crippen LogP contribution in [0.4, 0.5) is 5.69 Å².